The van der Waals surface area contributed by atoms with Gasteiger partial charge in [0.25, 0.3) is 5.56 Å². The van der Waals surface area contributed by atoms with Crippen molar-refractivity contribution < 1.29 is 9.47 Å². The molecule has 2 aromatic carbocycles. The molecule has 9 heteroatoms. The van der Waals surface area contributed by atoms with Crippen molar-refractivity contribution in [3.8, 4) is 22.9 Å². The van der Waals surface area contributed by atoms with Crippen molar-refractivity contribution in [2.45, 2.75) is 38.3 Å². The Morgan fingerprint density at radius 1 is 1.06 bits per heavy atom. The van der Waals surface area contributed by atoms with Crippen LogP contribution in [-0.4, -0.2) is 38.8 Å². The number of benzene rings is 2. The molecule has 2 heterocycles. The summed E-state index contributed by atoms with van der Waals surface area (Å²) < 4.78 is 12.2. The molecule has 0 radical (unpaired) electrons. The van der Waals surface area contributed by atoms with Crippen LogP contribution in [0.25, 0.3) is 11.4 Å². The topological polar surface area (TPSA) is 109 Å². The molecule has 174 valence electrons. The van der Waals surface area contributed by atoms with Gasteiger partial charge in [0.05, 0.1) is 25.4 Å². The fourth-order valence-electron chi connectivity index (χ4n) is 4.31. The van der Waals surface area contributed by atoms with E-state index in [1.54, 1.807) is 13.3 Å². The minimum Gasteiger partial charge on any atom is -0.493 e. The number of aromatic amines is 2. The summed E-state index contributed by atoms with van der Waals surface area (Å²) in [5.74, 6) is 1.87. The van der Waals surface area contributed by atoms with E-state index in [0.29, 0.717) is 29.4 Å². The van der Waals surface area contributed by atoms with E-state index < -0.39 is 0 Å². The number of hydrogen-bond donors (Lipinski definition) is 2. The van der Waals surface area contributed by atoms with Gasteiger partial charge in [0, 0.05) is 23.0 Å². The van der Waals surface area contributed by atoms with E-state index in [4.69, 9.17) is 9.47 Å². The summed E-state index contributed by atoms with van der Waals surface area (Å²) in [5, 5.41) is 14.2. The number of rotatable bonds is 8. The Bertz CT molecular complexity index is 1280. The summed E-state index contributed by atoms with van der Waals surface area (Å²) in [4.78, 5) is 17.4. The Balaban J connectivity index is 1.58. The molecule has 0 atom stereocenters. The van der Waals surface area contributed by atoms with E-state index in [1.165, 1.54) is 0 Å². The lowest BCUT2D eigenvalue weighted by atomic mass is 10.1. The number of methoxy groups -OCH3 is 1. The van der Waals surface area contributed by atoms with Crippen molar-refractivity contribution in [1.82, 2.24) is 25.6 Å². The molecule has 1 aliphatic carbocycles. The summed E-state index contributed by atoms with van der Waals surface area (Å²) in [6, 6.07) is 17.3. The molecule has 0 amide bonds. The fourth-order valence-corrected chi connectivity index (χ4v) is 4.31. The highest BCUT2D eigenvalue weighted by molar-refractivity contribution is 5.74. The highest BCUT2D eigenvalue weighted by Crippen LogP contribution is 2.43. The highest BCUT2D eigenvalue weighted by Gasteiger charge is 2.24. The number of H-pyrrole nitrogens is 2. The molecule has 1 fully saturated rings. The number of tetrazole rings is 1. The van der Waals surface area contributed by atoms with Crippen LogP contribution in [0.2, 0.25) is 0 Å². The molecule has 1 aliphatic rings. The van der Waals surface area contributed by atoms with E-state index in [1.807, 2.05) is 54.6 Å². The molecule has 0 saturated heterocycles. The van der Waals surface area contributed by atoms with Gasteiger partial charge in [-0.25, -0.2) is 0 Å². The maximum absolute atomic E-state index is 12.5. The van der Waals surface area contributed by atoms with Gasteiger partial charge in [0.1, 0.15) is 0 Å². The van der Waals surface area contributed by atoms with Crippen LogP contribution < -0.4 is 19.9 Å². The third kappa shape index (κ3) is 4.50. The molecule has 0 unspecified atom stereocenters. The van der Waals surface area contributed by atoms with Crippen LogP contribution >= 0.6 is 0 Å². The monoisotopic (exact) mass is 458 g/mol. The fraction of sp³-hybridized carbons (Fsp3) is 0.280. The zero-order chi connectivity index (χ0) is 23.3. The zero-order valence-corrected chi connectivity index (χ0v) is 18.9. The van der Waals surface area contributed by atoms with Crippen LogP contribution in [-0.2, 0) is 6.54 Å². The number of ether oxygens (including phenoxy) is 2. The first-order valence-corrected chi connectivity index (χ1v) is 11.3. The average molecular weight is 459 g/mol. The van der Waals surface area contributed by atoms with Crippen LogP contribution in [0.1, 0.15) is 31.2 Å². The minimum atomic E-state index is -0.128. The molecule has 34 heavy (non-hydrogen) atoms. The number of anilines is 2. The molecule has 9 nitrogen and oxygen atoms in total. The van der Waals surface area contributed by atoms with E-state index >= 15 is 0 Å². The van der Waals surface area contributed by atoms with E-state index in [-0.39, 0.29) is 11.7 Å². The number of aromatic nitrogens is 5. The molecule has 5 rings (SSSR count). The third-order valence-corrected chi connectivity index (χ3v) is 6.07. The molecular formula is C25H26N6O3. The SMILES string of the molecule is COc1cccc(N(Cc2ccc[nH]c2=O)c2ccc(-c3nn[nH]n3)cc2)c1OC1CCCC1. The first kappa shape index (κ1) is 21.7. The summed E-state index contributed by atoms with van der Waals surface area (Å²) in [7, 11) is 1.65. The Labute approximate surface area is 196 Å². The van der Waals surface area contributed by atoms with Gasteiger partial charge in [-0.3, -0.25) is 4.79 Å². The van der Waals surface area contributed by atoms with Crippen molar-refractivity contribution in [2.75, 3.05) is 12.0 Å². The van der Waals surface area contributed by atoms with Gasteiger partial charge in [-0.05, 0) is 73.4 Å². The highest BCUT2D eigenvalue weighted by atomic mass is 16.5. The molecular weight excluding hydrogens is 432 g/mol. The molecule has 0 bridgehead atoms. The molecule has 0 aliphatic heterocycles. The summed E-state index contributed by atoms with van der Waals surface area (Å²) >= 11 is 0. The number of nitrogens with zero attached hydrogens (tertiary/aromatic N) is 4. The quantitative estimate of drug-likeness (QED) is 0.407. The Kier molecular flexibility index (Phi) is 6.24. The minimum absolute atomic E-state index is 0.128. The van der Waals surface area contributed by atoms with Crippen LogP contribution in [0, 0.1) is 0 Å². The van der Waals surface area contributed by atoms with E-state index in [9.17, 15) is 4.79 Å². The predicted octanol–water partition coefficient (Wildman–Crippen LogP) is 4.22. The van der Waals surface area contributed by atoms with Crippen LogP contribution in [0.5, 0.6) is 11.5 Å². The largest absolute Gasteiger partial charge is 0.493 e. The molecule has 1 saturated carbocycles. The number of nitrogens with one attached hydrogen (secondary N) is 2. The average Bonchev–Trinajstić information content (AvgIpc) is 3.59. The van der Waals surface area contributed by atoms with Crippen molar-refractivity contribution >= 4 is 11.4 Å². The van der Waals surface area contributed by atoms with Crippen LogP contribution in [0.3, 0.4) is 0 Å². The van der Waals surface area contributed by atoms with E-state index in [0.717, 1.165) is 42.6 Å². The first-order valence-electron chi connectivity index (χ1n) is 11.3. The van der Waals surface area contributed by atoms with Gasteiger partial charge in [0.15, 0.2) is 11.5 Å². The smallest absolute Gasteiger partial charge is 0.252 e. The molecule has 2 aromatic heterocycles. The molecule has 4 aromatic rings. The van der Waals surface area contributed by atoms with Crippen LogP contribution in [0.4, 0.5) is 11.4 Å². The lowest BCUT2D eigenvalue weighted by Gasteiger charge is -2.29. The van der Waals surface area contributed by atoms with Gasteiger partial charge >= 0.3 is 0 Å². The van der Waals surface area contributed by atoms with Gasteiger partial charge in [-0.1, -0.05) is 12.1 Å². The van der Waals surface area contributed by atoms with Crippen molar-refractivity contribution in [1.29, 1.82) is 0 Å². The van der Waals surface area contributed by atoms with Crippen molar-refractivity contribution in [3.05, 3.63) is 76.7 Å². The first-order chi connectivity index (χ1) is 16.7. The second-order valence-electron chi connectivity index (χ2n) is 8.23. The maximum Gasteiger partial charge on any atom is 0.252 e. The van der Waals surface area contributed by atoms with E-state index in [2.05, 4.69) is 30.5 Å². The number of pyridine rings is 1. The zero-order valence-electron chi connectivity index (χ0n) is 18.9. The van der Waals surface area contributed by atoms with Crippen LogP contribution in [0.15, 0.2) is 65.6 Å². The third-order valence-electron chi connectivity index (χ3n) is 6.07. The van der Waals surface area contributed by atoms with Gasteiger partial charge < -0.3 is 19.4 Å². The lowest BCUT2D eigenvalue weighted by molar-refractivity contribution is 0.201. The second-order valence-corrected chi connectivity index (χ2v) is 8.23. The van der Waals surface area contributed by atoms with Gasteiger partial charge in [0.2, 0.25) is 5.82 Å². The molecule has 0 spiro atoms. The Hall–Kier alpha value is -4.14. The normalized spacial score (nSPS) is 13.7. The summed E-state index contributed by atoms with van der Waals surface area (Å²) in [6.07, 6.45) is 6.16. The van der Waals surface area contributed by atoms with Gasteiger partial charge in [-0.15, -0.1) is 10.2 Å². The van der Waals surface area contributed by atoms with Crippen molar-refractivity contribution in [3.63, 3.8) is 0 Å². The molecule has 2 N–H and O–H groups in total. The standard InChI is InChI=1S/C25H26N6O3/c1-33-22-10-4-9-21(23(22)34-20-7-2-3-8-20)31(16-18-6-5-15-26-25(18)32)19-13-11-17(12-14-19)24-27-29-30-28-24/h4-6,9-15,20H,2-3,7-8,16H2,1H3,(H,26,32)(H,27,28,29,30). The Morgan fingerprint density at radius 2 is 1.88 bits per heavy atom. The van der Waals surface area contributed by atoms with Gasteiger partial charge in [-0.2, -0.15) is 5.21 Å². The number of hydrogen-bond acceptors (Lipinski definition) is 7. The predicted molar refractivity (Wildman–Crippen MR) is 128 cm³/mol. The maximum atomic E-state index is 12.5. The Morgan fingerprint density at radius 3 is 2.59 bits per heavy atom. The van der Waals surface area contributed by atoms with Crippen molar-refractivity contribution in [2.24, 2.45) is 0 Å². The summed E-state index contributed by atoms with van der Waals surface area (Å²) in [6.45, 7) is 0.353. The summed E-state index contributed by atoms with van der Waals surface area (Å²) in [5.41, 5.74) is 3.07. The second kappa shape index (κ2) is 9.78. The lowest BCUT2D eigenvalue weighted by Crippen LogP contribution is -2.24. The number of para-hydroxylation sites is 1.